The van der Waals surface area contributed by atoms with Gasteiger partial charge in [-0.25, -0.2) is 0 Å². The molecule has 2 heterocycles. The van der Waals surface area contributed by atoms with Gasteiger partial charge in [0.1, 0.15) is 0 Å². The number of rotatable bonds is 4. The molecule has 0 unspecified atom stereocenters. The van der Waals surface area contributed by atoms with Crippen LogP contribution in [0.1, 0.15) is 34.3 Å². The number of halogens is 3. The van der Waals surface area contributed by atoms with Crippen molar-refractivity contribution in [2.24, 2.45) is 5.92 Å². The van der Waals surface area contributed by atoms with Crippen LogP contribution in [0.25, 0.3) is 0 Å². The van der Waals surface area contributed by atoms with Crippen LogP contribution in [0.3, 0.4) is 0 Å². The molecule has 2 aliphatic rings. The first kappa shape index (κ1) is 18.8. The van der Waals surface area contributed by atoms with Crippen molar-refractivity contribution in [2.75, 3.05) is 19.9 Å². The second-order valence-electron chi connectivity index (χ2n) is 7.17. The molecule has 7 heteroatoms. The van der Waals surface area contributed by atoms with E-state index >= 15 is 0 Å². The minimum atomic E-state index is -4.45. The van der Waals surface area contributed by atoms with E-state index in [4.69, 9.17) is 9.47 Å². The summed E-state index contributed by atoms with van der Waals surface area (Å²) in [4.78, 5) is 15.0. The summed E-state index contributed by atoms with van der Waals surface area (Å²) in [6.45, 7) is 2.15. The van der Waals surface area contributed by atoms with Crippen LogP contribution in [-0.2, 0) is 12.7 Å². The lowest BCUT2D eigenvalue weighted by Gasteiger charge is -2.32. The van der Waals surface area contributed by atoms with Crippen molar-refractivity contribution in [3.8, 4) is 11.5 Å². The van der Waals surface area contributed by atoms with Crippen LogP contribution >= 0.6 is 0 Å². The van der Waals surface area contributed by atoms with Crippen LogP contribution in [0.5, 0.6) is 11.5 Å². The van der Waals surface area contributed by atoms with Gasteiger partial charge < -0.3 is 9.47 Å². The maximum atomic E-state index is 12.9. The summed E-state index contributed by atoms with van der Waals surface area (Å²) in [5.41, 5.74) is 0.323. The van der Waals surface area contributed by atoms with E-state index in [0.717, 1.165) is 36.4 Å². The Hall–Kier alpha value is -2.54. The molecule has 0 aliphatic carbocycles. The molecule has 2 aromatic carbocycles. The van der Waals surface area contributed by atoms with Gasteiger partial charge >= 0.3 is 6.18 Å². The van der Waals surface area contributed by atoms with Crippen molar-refractivity contribution in [1.29, 1.82) is 0 Å². The van der Waals surface area contributed by atoms with Crippen LogP contribution in [0.4, 0.5) is 13.2 Å². The summed E-state index contributed by atoms with van der Waals surface area (Å²) in [5.74, 6) is 0.903. The number of piperidine rings is 1. The zero-order chi connectivity index (χ0) is 19.7. The third-order valence-electron chi connectivity index (χ3n) is 5.22. The van der Waals surface area contributed by atoms with Gasteiger partial charge in [0.15, 0.2) is 17.3 Å². The minimum Gasteiger partial charge on any atom is -0.454 e. The Morgan fingerprint density at radius 3 is 2.79 bits per heavy atom. The second-order valence-corrected chi connectivity index (χ2v) is 7.17. The van der Waals surface area contributed by atoms with Gasteiger partial charge in [-0.15, -0.1) is 0 Å². The predicted octanol–water partition coefficient (Wildman–Crippen LogP) is 4.53. The number of Topliss-reactive ketones (excluding diaryl/α,β-unsaturated/α-hetero) is 1. The van der Waals surface area contributed by atoms with E-state index in [9.17, 15) is 18.0 Å². The van der Waals surface area contributed by atoms with E-state index in [-0.39, 0.29) is 24.1 Å². The van der Waals surface area contributed by atoms with Crippen LogP contribution in [-0.4, -0.2) is 30.6 Å². The number of carbonyl (C=O) groups is 1. The number of carbonyl (C=O) groups excluding carboxylic acids is 1. The van der Waals surface area contributed by atoms with Crippen molar-refractivity contribution in [3.63, 3.8) is 0 Å². The van der Waals surface area contributed by atoms with Crippen molar-refractivity contribution < 1.29 is 27.4 Å². The van der Waals surface area contributed by atoms with Crippen molar-refractivity contribution in [3.05, 3.63) is 59.2 Å². The number of nitrogens with zero attached hydrogens (tertiary/aromatic N) is 1. The van der Waals surface area contributed by atoms with Gasteiger partial charge in [0.2, 0.25) is 6.79 Å². The maximum Gasteiger partial charge on any atom is 0.416 e. The molecular weight excluding hydrogens is 371 g/mol. The number of likely N-dealkylation sites (tertiary alicyclic amines) is 1. The fourth-order valence-electron chi connectivity index (χ4n) is 3.85. The van der Waals surface area contributed by atoms with Crippen LogP contribution in [0.2, 0.25) is 0 Å². The zero-order valence-corrected chi connectivity index (χ0v) is 15.2. The topological polar surface area (TPSA) is 38.8 Å². The monoisotopic (exact) mass is 391 g/mol. The highest BCUT2D eigenvalue weighted by Crippen LogP contribution is 2.36. The van der Waals surface area contributed by atoms with Gasteiger partial charge in [-0.2, -0.15) is 13.2 Å². The highest BCUT2D eigenvalue weighted by molar-refractivity contribution is 5.98. The molecule has 0 amide bonds. The average molecular weight is 391 g/mol. The summed E-state index contributed by atoms with van der Waals surface area (Å²) >= 11 is 0. The Morgan fingerprint density at radius 2 is 1.96 bits per heavy atom. The molecule has 0 saturated carbocycles. The standard InChI is InChI=1S/C21H20F3NO3/c22-21(23,24)17-7-1-4-14(10-17)19(26)15-6-3-9-25(11-15)12-16-5-2-8-18-20(16)28-13-27-18/h1-2,4-5,7-8,10,15H,3,6,9,11-13H2/t15-/m0/s1. The quantitative estimate of drug-likeness (QED) is 0.718. The van der Waals surface area contributed by atoms with Crippen LogP contribution in [0.15, 0.2) is 42.5 Å². The first-order chi connectivity index (χ1) is 13.4. The lowest BCUT2D eigenvalue weighted by atomic mass is 9.89. The summed E-state index contributed by atoms with van der Waals surface area (Å²) in [7, 11) is 0. The zero-order valence-electron chi connectivity index (χ0n) is 15.2. The Bertz CT molecular complexity index is 881. The molecule has 4 nitrogen and oxygen atoms in total. The summed E-state index contributed by atoms with van der Waals surface area (Å²) in [5, 5.41) is 0. The van der Waals surface area contributed by atoms with Gasteiger partial charge in [-0.3, -0.25) is 9.69 Å². The normalized spacial score (nSPS) is 19.6. The highest BCUT2D eigenvalue weighted by atomic mass is 19.4. The molecule has 28 heavy (non-hydrogen) atoms. The first-order valence-corrected chi connectivity index (χ1v) is 9.23. The van der Waals surface area contributed by atoms with Gasteiger partial charge in [0, 0.05) is 30.1 Å². The molecule has 1 saturated heterocycles. The third-order valence-corrected chi connectivity index (χ3v) is 5.22. The molecule has 2 aromatic rings. The van der Waals surface area contributed by atoms with E-state index in [1.165, 1.54) is 12.1 Å². The number of para-hydroxylation sites is 1. The van der Waals surface area contributed by atoms with Gasteiger partial charge in [0.25, 0.3) is 0 Å². The second kappa shape index (κ2) is 7.47. The molecule has 0 bridgehead atoms. The Balaban J connectivity index is 1.47. The SMILES string of the molecule is O=C(c1cccc(C(F)(F)F)c1)[C@H]1CCCN(Cc2cccc3c2OCO3)C1. The van der Waals surface area contributed by atoms with Crippen molar-refractivity contribution >= 4 is 5.78 Å². The Morgan fingerprint density at radius 1 is 1.14 bits per heavy atom. The Labute approximate surface area is 160 Å². The smallest absolute Gasteiger partial charge is 0.416 e. The van der Waals surface area contributed by atoms with E-state index in [1.54, 1.807) is 0 Å². The molecule has 0 spiro atoms. The minimum absolute atomic E-state index is 0.124. The maximum absolute atomic E-state index is 12.9. The molecule has 1 fully saturated rings. The Kier molecular flexibility index (Phi) is 5.02. The number of hydrogen-bond acceptors (Lipinski definition) is 4. The van der Waals surface area contributed by atoms with Gasteiger partial charge in [0.05, 0.1) is 5.56 Å². The average Bonchev–Trinajstić information content (AvgIpc) is 3.17. The van der Waals surface area contributed by atoms with Gasteiger partial charge in [-0.05, 0) is 37.6 Å². The van der Waals surface area contributed by atoms with Crippen molar-refractivity contribution in [2.45, 2.75) is 25.6 Å². The number of ketones is 1. The summed E-state index contributed by atoms with van der Waals surface area (Å²) in [6.07, 6.45) is -2.95. The lowest BCUT2D eigenvalue weighted by molar-refractivity contribution is -0.137. The van der Waals surface area contributed by atoms with E-state index in [0.29, 0.717) is 25.3 Å². The molecule has 148 valence electrons. The van der Waals surface area contributed by atoms with Crippen LogP contribution < -0.4 is 9.47 Å². The number of ether oxygens (including phenoxy) is 2. The molecular formula is C21H20F3NO3. The van der Waals surface area contributed by atoms with Crippen LogP contribution in [0, 0.1) is 5.92 Å². The number of hydrogen-bond donors (Lipinski definition) is 0. The first-order valence-electron chi connectivity index (χ1n) is 9.23. The lowest BCUT2D eigenvalue weighted by Crippen LogP contribution is -2.38. The summed E-state index contributed by atoms with van der Waals surface area (Å²) in [6, 6.07) is 10.4. The number of fused-ring (bicyclic) bond motifs is 1. The molecule has 0 aromatic heterocycles. The molecule has 0 N–H and O–H groups in total. The van der Waals surface area contributed by atoms with E-state index < -0.39 is 11.7 Å². The molecule has 1 atom stereocenters. The predicted molar refractivity (Wildman–Crippen MR) is 96.3 cm³/mol. The molecule has 2 aliphatic heterocycles. The number of benzene rings is 2. The van der Waals surface area contributed by atoms with E-state index in [2.05, 4.69) is 4.90 Å². The largest absolute Gasteiger partial charge is 0.454 e. The van der Waals surface area contributed by atoms with Gasteiger partial charge in [-0.1, -0.05) is 24.3 Å². The fourth-order valence-corrected chi connectivity index (χ4v) is 3.85. The van der Waals surface area contributed by atoms with Crippen molar-refractivity contribution in [1.82, 2.24) is 4.90 Å². The number of alkyl halides is 3. The van der Waals surface area contributed by atoms with E-state index in [1.807, 2.05) is 18.2 Å². The third kappa shape index (κ3) is 3.85. The molecule has 4 rings (SSSR count). The highest BCUT2D eigenvalue weighted by Gasteiger charge is 2.32. The fraction of sp³-hybridized carbons (Fsp3) is 0.381. The molecule has 0 radical (unpaired) electrons. The summed E-state index contributed by atoms with van der Waals surface area (Å²) < 4.78 is 49.8.